The third kappa shape index (κ3) is 3.47. The molecule has 0 radical (unpaired) electrons. The largest absolute Gasteiger partial charge is 0.481 e. The Hall–Kier alpha value is -2.09. The lowest BCUT2D eigenvalue weighted by Gasteiger charge is -2.20. The molecular weight excluding hydrogens is 320 g/mol. The number of rotatable bonds is 4. The summed E-state index contributed by atoms with van der Waals surface area (Å²) in [5, 5.41) is 14.1. The lowest BCUT2D eigenvalue weighted by atomic mass is 9.90. The fraction of sp³-hybridized carbons (Fsp3) is 0.533. The molecule has 1 aromatic heterocycles. The van der Waals surface area contributed by atoms with E-state index in [-0.39, 0.29) is 13.2 Å². The molecule has 2 heterocycles. The smallest absolute Gasteiger partial charge is 0.341 e. The van der Waals surface area contributed by atoms with E-state index in [1.807, 2.05) is 0 Å². The van der Waals surface area contributed by atoms with Crippen LogP contribution in [0.3, 0.4) is 0 Å². The van der Waals surface area contributed by atoms with Crippen LogP contribution in [0.1, 0.15) is 36.2 Å². The zero-order valence-electron chi connectivity index (χ0n) is 13.3. The van der Waals surface area contributed by atoms with Crippen LogP contribution in [0.15, 0.2) is 5.38 Å². The van der Waals surface area contributed by atoms with Crippen LogP contribution >= 0.6 is 11.3 Å². The van der Waals surface area contributed by atoms with Gasteiger partial charge in [-0.1, -0.05) is 0 Å². The van der Waals surface area contributed by atoms with Gasteiger partial charge in [-0.05, 0) is 38.1 Å². The Balaban J connectivity index is 2.10. The van der Waals surface area contributed by atoms with E-state index in [1.54, 1.807) is 26.2 Å². The van der Waals surface area contributed by atoms with Gasteiger partial charge in [0.1, 0.15) is 5.00 Å². The number of anilines is 1. The number of esters is 1. The lowest BCUT2D eigenvalue weighted by molar-refractivity contribution is -0.146. The van der Waals surface area contributed by atoms with Crippen molar-refractivity contribution >= 4 is 34.3 Å². The molecule has 1 fully saturated rings. The standard InChI is InChI=1S/C15H20N2O5S/c1-4-22-12(18)10-9(2)7-23-11(10)16-14(21)17-6-5-15(3,8-17)13(19)20/h7H,4-6,8H2,1-3H3,(H,16,21)(H,19,20). The van der Waals surface area contributed by atoms with Gasteiger partial charge in [0.25, 0.3) is 0 Å². The number of nitrogens with zero attached hydrogens (tertiary/aromatic N) is 1. The van der Waals surface area contributed by atoms with Crippen molar-refractivity contribution < 1.29 is 24.2 Å². The summed E-state index contributed by atoms with van der Waals surface area (Å²) in [5.41, 5.74) is 0.165. The van der Waals surface area contributed by atoms with E-state index >= 15 is 0 Å². The van der Waals surface area contributed by atoms with E-state index in [1.165, 1.54) is 16.2 Å². The first-order chi connectivity index (χ1) is 10.8. The maximum Gasteiger partial charge on any atom is 0.341 e. The number of aliphatic carboxylic acids is 1. The van der Waals surface area contributed by atoms with Crippen molar-refractivity contribution in [3.63, 3.8) is 0 Å². The number of amides is 2. The molecule has 0 aliphatic carbocycles. The number of hydrogen-bond donors (Lipinski definition) is 2. The fourth-order valence-corrected chi connectivity index (χ4v) is 3.40. The van der Waals surface area contributed by atoms with Crippen LogP contribution in [0.2, 0.25) is 0 Å². The number of aryl methyl sites for hydroxylation is 1. The van der Waals surface area contributed by atoms with Gasteiger partial charge >= 0.3 is 18.0 Å². The number of carboxylic acids is 1. The van der Waals surface area contributed by atoms with Gasteiger partial charge in [-0.3, -0.25) is 10.1 Å². The van der Waals surface area contributed by atoms with E-state index in [2.05, 4.69) is 5.32 Å². The van der Waals surface area contributed by atoms with Crippen molar-refractivity contribution in [2.45, 2.75) is 27.2 Å². The highest BCUT2D eigenvalue weighted by atomic mass is 32.1. The van der Waals surface area contributed by atoms with Crippen molar-refractivity contribution in [1.82, 2.24) is 4.90 Å². The van der Waals surface area contributed by atoms with Crippen LogP contribution in [0.25, 0.3) is 0 Å². The average molecular weight is 340 g/mol. The van der Waals surface area contributed by atoms with E-state index < -0.39 is 23.4 Å². The van der Waals surface area contributed by atoms with Gasteiger partial charge in [0.2, 0.25) is 0 Å². The predicted molar refractivity (Wildman–Crippen MR) is 86.0 cm³/mol. The van der Waals surface area contributed by atoms with Crippen molar-refractivity contribution in [2.24, 2.45) is 5.41 Å². The number of urea groups is 1. The molecule has 0 bridgehead atoms. The van der Waals surface area contributed by atoms with Gasteiger partial charge in [0.05, 0.1) is 17.6 Å². The van der Waals surface area contributed by atoms with E-state index in [0.29, 0.717) is 23.5 Å². The van der Waals surface area contributed by atoms with E-state index in [0.717, 1.165) is 5.56 Å². The van der Waals surface area contributed by atoms with Gasteiger partial charge < -0.3 is 14.7 Å². The summed E-state index contributed by atoms with van der Waals surface area (Å²) in [7, 11) is 0. The highest BCUT2D eigenvalue weighted by Crippen LogP contribution is 2.32. The number of carbonyl (C=O) groups is 3. The quantitative estimate of drug-likeness (QED) is 0.821. The molecule has 2 amide bonds. The third-order valence-corrected chi connectivity index (χ3v) is 4.97. The molecule has 1 saturated heterocycles. The second-order valence-electron chi connectivity index (χ2n) is 5.81. The maximum atomic E-state index is 12.3. The maximum absolute atomic E-state index is 12.3. The van der Waals surface area contributed by atoms with Crippen LogP contribution in [-0.2, 0) is 9.53 Å². The molecule has 1 aromatic rings. The Morgan fingerprint density at radius 1 is 1.48 bits per heavy atom. The summed E-state index contributed by atoms with van der Waals surface area (Å²) in [5.74, 6) is -1.38. The van der Waals surface area contributed by atoms with E-state index in [4.69, 9.17) is 4.74 Å². The van der Waals surface area contributed by atoms with Crippen LogP contribution in [0.5, 0.6) is 0 Å². The van der Waals surface area contributed by atoms with Gasteiger partial charge in [-0.15, -0.1) is 11.3 Å². The fourth-order valence-electron chi connectivity index (χ4n) is 2.48. The molecule has 7 nitrogen and oxygen atoms in total. The molecule has 0 aromatic carbocycles. The molecule has 1 unspecified atom stereocenters. The van der Waals surface area contributed by atoms with Crippen molar-refractivity contribution in [3.8, 4) is 0 Å². The number of thiophene rings is 1. The van der Waals surface area contributed by atoms with Gasteiger partial charge in [0.15, 0.2) is 0 Å². The molecule has 23 heavy (non-hydrogen) atoms. The Morgan fingerprint density at radius 3 is 2.74 bits per heavy atom. The van der Waals surface area contributed by atoms with E-state index in [9.17, 15) is 19.5 Å². The third-order valence-electron chi connectivity index (χ3n) is 3.95. The summed E-state index contributed by atoms with van der Waals surface area (Å²) >= 11 is 1.25. The van der Waals surface area contributed by atoms with Crippen LogP contribution < -0.4 is 5.32 Å². The average Bonchev–Trinajstić information content (AvgIpc) is 3.04. The first-order valence-electron chi connectivity index (χ1n) is 7.33. The predicted octanol–water partition coefficient (Wildman–Crippen LogP) is 2.56. The number of carboxylic acid groups (broad SMARTS) is 1. The van der Waals surface area contributed by atoms with Gasteiger partial charge in [-0.2, -0.15) is 0 Å². The molecular formula is C15H20N2O5S. The number of hydrogen-bond acceptors (Lipinski definition) is 5. The Bertz CT molecular complexity index is 642. The van der Waals surface area contributed by atoms with Crippen LogP contribution in [0.4, 0.5) is 9.80 Å². The molecule has 0 spiro atoms. The highest BCUT2D eigenvalue weighted by molar-refractivity contribution is 7.15. The molecule has 0 saturated carbocycles. The second kappa shape index (κ2) is 6.57. The molecule has 2 rings (SSSR count). The summed E-state index contributed by atoms with van der Waals surface area (Å²) in [6.45, 7) is 5.89. The number of likely N-dealkylation sites (tertiary alicyclic amines) is 1. The lowest BCUT2D eigenvalue weighted by Crippen LogP contribution is -2.37. The molecule has 1 atom stereocenters. The van der Waals surface area contributed by atoms with Crippen LogP contribution in [-0.4, -0.2) is 47.7 Å². The summed E-state index contributed by atoms with van der Waals surface area (Å²) in [6.07, 6.45) is 0.407. The Morgan fingerprint density at radius 2 is 2.17 bits per heavy atom. The molecule has 2 N–H and O–H groups in total. The van der Waals surface area contributed by atoms with Crippen molar-refractivity contribution in [3.05, 3.63) is 16.5 Å². The minimum atomic E-state index is -0.924. The summed E-state index contributed by atoms with van der Waals surface area (Å²) < 4.78 is 5.00. The number of ether oxygens (including phenoxy) is 1. The first-order valence-corrected chi connectivity index (χ1v) is 8.21. The SMILES string of the molecule is CCOC(=O)c1c(C)csc1NC(=O)N1CCC(C)(C(=O)O)C1. The zero-order valence-corrected chi connectivity index (χ0v) is 14.2. The second-order valence-corrected chi connectivity index (χ2v) is 6.69. The van der Waals surface area contributed by atoms with Gasteiger partial charge in [0, 0.05) is 13.1 Å². The summed E-state index contributed by atoms with van der Waals surface area (Å²) in [6, 6.07) is -0.401. The Labute approximate surface area is 138 Å². The van der Waals surface area contributed by atoms with Crippen molar-refractivity contribution in [2.75, 3.05) is 25.0 Å². The van der Waals surface area contributed by atoms with Crippen LogP contribution in [0, 0.1) is 12.3 Å². The first kappa shape index (κ1) is 17.3. The monoisotopic (exact) mass is 340 g/mol. The molecule has 1 aliphatic heterocycles. The zero-order chi connectivity index (χ0) is 17.2. The number of carbonyl (C=O) groups excluding carboxylic acids is 2. The topological polar surface area (TPSA) is 95.9 Å². The number of nitrogens with one attached hydrogen (secondary N) is 1. The highest BCUT2D eigenvalue weighted by Gasteiger charge is 2.42. The normalized spacial score (nSPS) is 20.4. The molecule has 8 heteroatoms. The van der Waals surface area contributed by atoms with Gasteiger partial charge in [-0.25, -0.2) is 9.59 Å². The summed E-state index contributed by atoms with van der Waals surface area (Å²) in [4.78, 5) is 37.0. The Kier molecular flexibility index (Phi) is 4.93. The molecule has 126 valence electrons. The minimum Gasteiger partial charge on any atom is -0.481 e. The van der Waals surface area contributed by atoms with Crippen molar-refractivity contribution in [1.29, 1.82) is 0 Å². The minimum absolute atomic E-state index is 0.146. The molecule has 1 aliphatic rings.